The van der Waals surface area contributed by atoms with Crippen LogP contribution in [0.25, 0.3) is 0 Å². The van der Waals surface area contributed by atoms with Gasteiger partial charge in [-0.1, -0.05) is 5.57 Å². The molecule has 12 heavy (non-hydrogen) atoms. The van der Waals surface area contributed by atoms with E-state index in [1.807, 2.05) is 6.92 Å². The average molecular weight is 188 g/mol. The third-order valence-electron chi connectivity index (χ3n) is 2.01. The number of hydrogen-bond acceptors (Lipinski definition) is 3. The van der Waals surface area contributed by atoms with Gasteiger partial charge in [-0.3, -0.25) is 0 Å². The fraction of sp³-hybridized carbons (Fsp3) is 0.625. The molecule has 0 saturated heterocycles. The highest BCUT2D eigenvalue weighted by atomic mass is 31.2. The predicted molar refractivity (Wildman–Crippen MR) is 48.0 cm³/mol. The summed E-state index contributed by atoms with van der Waals surface area (Å²) in [7, 11) is -0.749. The Kier molecular flexibility index (Phi) is 2.43. The smallest absolute Gasteiger partial charge is 0.334 e. The Morgan fingerprint density at radius 1 is 1.50 bits per heavy atom. The van der Waals surface area contributed by atoms with E-state index in [0.29, 0.717) is 17.9 Å². The molecule has 0 saturated carbocycles. The summed E-state index contributed by atoms with van der Waals surface area (Å²) in [5.41, 5.74) is 1.54. The van der Waals surface area contributed by atoms with Crippen molar-refractivity contribution in [2.75, 3.05) is 26.1 Å². The van der Waals surface area contributed by atoms with E-state index in [2.05, 4.69) is 4.74 Å². The van der Waals surface area contributed by atoms with Crippen LogP contribution in [0.3, 0.4) is 0 Å². The van der Waals surface area contributed by atoms with Crippen molar-refractivity contribution in [2.24, 2.45) is 0 Å². The first-order chi connectivity index (χ1) is 5.46. The molecule has 68 valence electrons. The Hall–Kier alpha value is -0.560. The van der Waals surface area contributed by atoms with Gasteiger partial charge in [0.25, 0.3) is 0 Å². The van der Waals surface area contributed by atoms with E-state index in [1.54, 1.807) is 6.66 Å². The van der Waals surface area contributed by atoms with Crippen LogP contribution in [0.15, 0.2) is 11.1 Å². The summed E-state index contributed by atoms with van der Waals surface area (Å²) in [5.74, 6) is -0.327. The van der Waals surface area contributed by atoms with E-state index < -0.39 is 7.14 Å². The number of carbonyl (C=O) groups is 1. The molecule has 0 amide bonds. The van der Waals surface area contributed by atoms with Crippen LogP contribution < -0.4 is 0 Å². The molecule has 0 aliphatic carbocycles. The van der Waals surface area contributed by atoms with Gasteiger partial charge in [-0.2, -0.15) is 0 Å². The summed E-state index contributed by atoms with van der Waals surface area (Å²) in [6.45, 7) is 3.57. The molecule has 1 unspecified atom stereocenters. The van der Waals surface area contributed by atoms with Crippen molar-refractivity contribution < 1.29 is 14.1 Å². The minimum Gasteiger partial charge on any atom is -0.466 e. The summed E-state index contributed by atoms with van der Waals surface area (Å²) in [6.07, 6.45) is 0.975. The first-order valence-corrected chi connectivity index (χ1v) is 6.31. The van der Waals surface area contributed by atoms with Gasteiger partial charge in [-0.25, -0.2) is 4.79 Å². The topological polar surface area (TPSA) is 43.4 Å². The van der Waals surface area contributed by atoms with Crippen LogP contribution in [0, 0.1) is 0 Å². The van der Waals surface area contributed by atoms with Gasteiger partial charge in [0.2, 0.25) is 0 Å². The van der Waals surface area contributed by atoms with Gasteiger partial charge in [0.15, 0.2) is 0 Å². The van der Waals surface area contributed by atoms with Crippen molar-refractivity contribution >= 4 is 13.1 Å². The van der Waals surface area contributed by atoms with Gasteiger partial charge in [-0.05, 0) is 13.6 Å². The molecule has 0 spiro atoms. The average Bonchev–Trinajstić information content (AvgIpc) is 2.23. The van der Waals surface area contributed by atoms with Gasteiger partial charge in [0.05, 0.1) is 14.3 Å². The second-order valence-corrected chi connectivity index (χ2v) is 6.59. The monoisotopic (exact) mass is 188 g/mol. The maximum Gasteiger partial charge on any atom is 0.334 e. The molecule has 4 heteroatoms. The minimum atomic E-state index is -2.10. The summed E-state index contributed by atoms with van der Waals surface area (Å²) >= 11 is 0. The maximum atomic E-state index is 11.6. The second-order valence-electron chi connectivity index (χ2n) is 3.36. The van der Waals surface area contributed by atoms with E-state index in [-0.39, 0.29) is 5.97 Å². The van der Waals surface area contributed by atoms with Crippen LogP contribution in [-0.4, -0.2) is 32.1 Å². The SMILES string of the molecule is COC(=O)C1=C(C)CP(C)(=O)C1. The summed E-state index contributed by atoms with van der Waals surface area (Å²) in [5, 5.41) is 0. The largest absolute Gasteiger partial charge is 0.466 e. The van der Waals surface area contributed by atoms with E-state index in [4.69, 9.17) is 0 Å². The Bertz CT molecular complexity index is 291. The van der Waals surface area contributed by atoms with Crippen LogP contribution in [0.1, 0.15) is 6.92 Å². The molecule has 1 aliphatic heterocycles. The second kappa shape index (κ2) is 3.06. The van der Waals surface area contributed by atoms with Crippen molar-refractivity contribution in [3.63, 3.8) is 0 Å². The quantitative estimate of drug-likeness (QED) is 0.462. The highest BCUT2D eigenvalue weighted by Crippen LogP contribution is 2.50. The summed E-state index contributed by atoms with van der Waals surface area (Å²) in [6, 6.07) is 0. The highest BCUT2D eigenvalue weighted by molar-refractivity contribution is 7.64. The molecule has 0 bridgehead atoms. The van der Waals surface area contributed by atoms with Gasteiger partial charge < -0.3 is 9.30 Å². The molecule has 1 rings (SSSR count). The Morgan fingerprint density at radius 3 is 2.42 bits per heavy atom. The molecular weight excluding hydrogens is 175 g/mol. The zero-order valence-corrected chi connectivity index (χ0v) is 8.48. The lowest BCUT2D eigenvalue weighted by Crippen LogP contribution is -2.06. The molecule has 1 aliphatic rings. The standard InChI is InChI=1S/C8H13O3P/c1-6-4-12(3,10)5-7(6)8(9)11-2/h4-5H2,1-3H3. The van der Waals surface area contributed by atoms with Crippen LogP contribution in [0.2, 0.25) is 0 Å². The molecule has 0 radical (unpaired) electrons. The number of allylic oxidation sites excluding steroid dienone is 1. The van der Waals surface area contributed by atoms with Gasteiger partial charge in [0.1, 0.15) is 0 Å². The number of carbonyl (C=O) groups excluding carboxylic acids is 1. The molecule has 0 N–H and O–H groups in total. The lowest BCUT2D eigenvalue weighted by molar-refractivity contribution is -0.136. The van der Waals surface area contributed by atoms with Crippen LogP contribution >= 0.6 is 7.14 Å². The Labute approximate surface area is 72.2 Å². The van der Waals surface area contributed by atoms with Crippen molar-refractivity contribution in [2.45, 2.75) is 6.92 Å². The van der Waals surface area contributed by atoms with E-state index in [9.17, 15) is 9.36 Å². The number of hydrogen-bond donors (Lipinski definition) is 0. The van der Waals surface area contributed by atoms with E-state index >= 15 is 0 Å². The van der Waals surface area contributed by atoms with Crippen molar-refractivity contribution in [1.29, 1.82) is 0 Å². The number of ether oxygens (including phenoxy) is 1. The lowest BCUT2D eigenvalue weighted by Gasteiger charge is -2.02. The minimum absolute atomic E-state index is 0.327. The van der Waals surface area contributed by atoms with E-state index in [1.165, 1.54) is 7.11 Å². The fourth-order valence-corrected chi connectivity index (χ4v) is 3.86. The molecule has 1 atom stereocenters. The third-order valence-corrected chi connectivity index (χ3v) is 4.14. The van der Waals surface area contributed by atoms with Gasteiger partial charge in [0, 0.05) is 17.9 Å². The highest BCUT2D eigenvalue weighted by Gasteiger charge is 2.31. The number of rotatable bonds is 1. The zero-order valence-electron chi connectivity index (χ0n) is 7.59. The number of esters is 1. The van der Waals surface area contributed by atoms with Crippen LogP contribution in [-0.2, 0) is 14.1 Å². The Morgan fingerprint density at radius 2 is 2.08 bits per heavy atom. The van der Waals surface area contributed by atoms with Crippen molar-refractivity contribution in [3.05, 3.63) is 11.1 Å². The van der Waals surface area contributed by atoms with Gasteiger partial charge >= 0.3 is 5.97 Å². The fourth-order valence-electron chi connectivity index (χ4n) is 1.48. The lowest BCUT2D eigenvalue weighted by atomic mass is 10.2. The predicted octanol–water partition coefficient (Wildman–Crippen LogP) is 1.48. The van der Waals surface area contributed by atoms with Crippen molar-refractivity contribution in [3.8, 4) is 0 Å². The third kappa shape index (κ3) is 1.78. The molecular formula is C8H13O3P. The first-order valence-electron chi connectivity index (χ1n) is 3.79. The molecule has 0 aromatic carbocycles. The first kappa shape index (κ1) is 9.53. The van der Waals surface area contributed by atoms with E-state index in [0.717, 1.165) is 5.57 Å². The molecule has 1 heterocycles. The number of methoxy groups -OCH3 is 1. The molecule has 3 nitrogen and oxygen atoms in total. The van der Waals surface area contributed by atoms with Crippen LogP contribution in [0.4, 0.5) is 0 Å². The van der Waals surface area contributed by atoms with Gasteiger partial charge in [-0.15, -0.1) is 0 Å². The maximum absolute atomic E-state index is 11.6. The summed E-state index contributed by atoms with van der Waals surface area (Å²) < 4.78 is 16.2. The van der Waals surface area contributed by atoms with Crippen molar-refractivity contribution in [1.82, 2.24) is 0 Å². The van der Waals surface area contributed by atoms with Crippen LogP contribution in [0.5, 0.6) is 0 Å². The molecule has 0 aromatic heterocycles. The zero-order chi connectivity index (χ0) is 9.35. The molecule has 0 fully saturated rings. The Balaban J connectivity index is 2.87. The normalized spacial score (nSPS) is 29.2. The molecule has 0 aromatic rings. The summed E-state index contributed by atoms with van der Waals surface area (Å²) in [4.78, 5) is 11.1.